The minimum absolute atomic E-state index is 0.223. The molecule has 6 nitrogen and oxygen atoms in total. The Bertz CT molecular complexity index is 891. The number of Topliss-reactive ketones (excluding diaryl/α,β-unsaturated/α-hetero) is 1. The molecule has 1 fully saturated rings. The molecule has 1 aliphatic rings. The maximum atomic E-state index is 12.3. The van der Waals surface area contributed by atoms with E-state index in [4.69, 9.17) is 0 Å². The first-order valence-electron chi connectivity index (χ1n) is 8.54. The van der Waals surface area contributed by atoms with Crippen molar-refractivity contribution in [3.05, 3.63) is 48.7 Å². The highest BCUT2D eigenvalue weighted by Crippen LogP contribution is 2.21. The molecule has 0 unspecified atom stereocenters. The largest absolute Gasteiger partial charge is 0.298 e. The molecule has 3 aromatic heterocycles. The van der Waals surface area contributed by atoms with E-state index < -0.39 is 0 Å². The summed E-state index contributed by atoms with van der Waals surface area (Å²) in [7, 11) is 0. The summed E-state index contributed by atoms with van der Waals surface area (Å²) in [4.78, 5) is 23.4. The Hall–Kier alpha value is -2.73. The van der Waals surface area contributed by atoms with Crippen LogP contribution in [0.3, 0.4) is 0 Å². The second kappa shape index (κ2) is 7.03. The van der Waals surface area contributed by atoms with E-state index in [1.807, 2.05) is 18.2 Å². The molecule has 0 aliphatic carbocycles. The average molecular weight is 333 g/mol. The molecule has 1 aliphatic heterocycles. The second-order valence-corrected chi connectivity index (χ2v) is 6.42. The number of fused-ring (bicyclic) bond motifs is 1. The maximum Gasteiger partial charge on any atom is 0.152 e. The highest BCUT2D eigenvalue weighted by Gasteiger charge is 2.15. The topological polar surface area (TPSA) is 71.9 Å². The van der Waals surface area contributed by atoms with Crippen LogP contribution < -0.4 is 0 Å². The van der Waals surface area contributed by atoms with Crippen LogP contribution in [0.25, 0.3) is 22.0 Å². The van der Waals surface area contributed by atoms with Crippen LogP contribution in [0.4, 0.5) is 0 Å². The monoisotopic (exact) mass is 333 g/mol. The molecule has 4 heterocycles. The van der Waals surface area contributed by atoms with Crippen molar-refractivity contribution >= 4 is 16.6 Å². The van der Waals surface area contributed by atoms with Gasteiger partial charge in [-0.15, -0.1) is 0 Å². The van der Waals surface area contributed by atoms with Gasteiger partial charge in [-0.05, 0) is 49.5 Å². The van der Waals surface area contributed by atoms with Gasteiger partial charge in [0.1, 0.15) is 0 Å². The number of nitrogens with zero attached hydrogens (tertiary/aromatic N) is 5. The summed E-state index contributed by atoms with van der Waals surface area (Å²) in [5.41, 5.74) is 2.56. The summed E-state index contributed by atoms with van der Waals surface area (Å²) in [6.07, 6.45) is 9.69. The zero-order valence-electron chi connectivity index (χ0n) is 13.9. The van der Waals surface area contributed by atoms with Gasteiger partial charge in [-0.25, -0.2) is 0 Å². The van der Waals surface area contributed by atoms with Crippen LogP contribution in [0.5, 0.6) is 0 Å². The van der Waals surface area contributed by atoms with Gasteiger partial charge < -0.3 is 0 Å². The van der Waals surface area contributed by atoms with Crippen molar-refractivity contribution in [1.82, 2.24) is 25.1 Å². The first kappa shape index (κ1) is 15.8. The quantitative estimate of drug-likeness (QED) is 0.713. The SMILES string of the molecule is O=C(Cc1cc2cc(-c3ccnnc3)ncc2cn1)CN1CCCC1. The molecule has 126 valence electrons. The molecule has 0 amide bonds. The lowest BCUT2D eigenvalue weighted by atomic mass is 10.1. The summed E-state index contributed by atoms with van der Waals surface area (Å²) in [6.45, 7) is 2.60. The van der Waals surface area contributed by atoms with E-state index >= 15 is 0 Å². The van der Waals surface area contributed by atoms with Gasteiger partial charge in [0, 0.05) is 29.0 Å². The van der Waals surface area contributed by atoms with E-state index in [9.17, 15) is 4.79 Å². The molecule has 3 aromatic rings. The summed E-state index contributed by atoms with van der Waals surface area (Å²) >= 11 is 0. The number of likely N-dealkylation sites (tertiary alicyclic amines) is 1. The molecule has 0 atom stereocenters. The number of carbonyl (C=O) groups is 1. The van der Waals surface area contributed by atoms with Crippen molar-refractivity contribution in [2.75, 3.05) is 19.6 Å². The maximum absolute atomic E-state index is 12.3. The number of rotatable bonds is 5. The van der Waals surface area contributed by atoms with E-state index in [1.165, 1.54) is 12.8 Å². The van der Waals surface area contributed by atoms with Gasteiger partial charge in [-0.2, -0.15) is 10.2 Å². The highest BCUT2D eigenvalue weighted by molar-refractivity contribution is 5.87. The zero-order chi connectivity index (χ0) is 17.1. The van der Waals surface area contributed by atoms with Gasteiger partial charge in [0.05, 0.1) is 31.1 Å². The van der Waals surface area contributed by atoms with Crippen LogP contribution in [-0.2, 0) is 11.2 Å². The lowest BCUT2D eigenvalue weighted by Gasteiger charge is -2.13. The Balaban J connectivity index is 1.55. The number of aromatic nitrogens is 4. The molecule has 0 radical (unpaired) electrons. The third-order valence-electron chi connectivity index (χ3n) is 4.52. The molecule has 4 rings (SSSR count). The smallest absolute Gasteiger partial charge is 0.152 e. The van der Waals surface area contributed by atoms with Gasteiger partial charge in [0.25, 0.3) is 0 Å². The predicted octanol–water partition coefficient (Wildman–Crippen LogP) is 2.29. The van der Waals surface area contributed by atoms with Gasteiger partial charge in [0.15, 0.2) is 5.78 Å². The van der Waals surface area contributed by atoms with E-state index in [2.05, 4.69) is 25.1 Å². The Kier molecular flexibility index (Phi) is 4.43. The Morgan fingerprint density at radius 1 is 1.00 bits per heavy atom. The molecular formula is C19H19N5O. The van der Waals surface area contributed by atoms with Crippen molar-refractivity contribution in [3.8, 4) is 11.3 Å². The first-order chi connectivity index (χ1) is 12.3. The van der Waals surface area contributed by atoms with Crippen LogP contribution in [0.2, 0.25) is 0 Å². The van der Waals surface area contributed by atoms with Crippen LogP contribution >= 0.6 is 0 Å². The molecule has 6 heteroatoms. The first-order valence-corrected chi connectivity index (χ1v) is 8.54. The molecule has 1 saturated heterocycles. The number of carbonyl (C=O) groups excluding carboxylic acids is 1. The summed E-state index contributed by atoms with van der Waals surface area (Å²) in [5.74, 6) is 0.223. The van der Waals surface area contributed by atoms with Crippen LogP contribution in [-0.4, -0.2) is 50.5 Å². The predicted molar refractivity (Wildman–Crippen MR) is 94.9 cm³/mol. The van der Waals surface area contributed by atoms with E-state index in [0.29, 0.717) is 13.0 Å². The van der Waals surface area contributed by atoms with Crippen LogP contribution in [0.1, 0.15) is 18.5 Å². The van der Waals surface area contributed by atoms with Crippen LogP contribution in [0.15, 0.2) is 43.0 Å². The minimum atomic E-state index is 0.223. The lowest BCUT2D eigenvalue weighted by Crippen LogP contribution is -2.27. The van der Waals surface area contributed by atoms with Crippen molar-refractivity contribution in [1.29, 1.82) is 0 Å². The second-order valence-electron chi connectivity index (χ2n) is 6.42. The van der Waals surface area contributed by atoms with Crippen molar-refractivity contribution in [3.63, 3.8) is 0 Å². The fraction of sp³-hybridized carbons (Fsp3) is 0.316. The highest BCUT2D eigenvalue weighted by atomic mass is 16.1. The van der Waals surface area contributed by atoms with E-state index in [0.717, 1.165) is 40.8 Å². The number of pyridine rings is 2. The van der Waals surface area contributed by atoms with Gasteiger partial charge in [0.2, 0.25) is 0 Å². The molecule has 0 saturated carbocycles. The summed E-state index contributed by atoms with van der Waals surface area (Å²) < 4.78 is 0. The van der Waals surface area contributed by atoms with Gasteiger partial charge >= 0.3 is 0 Å². The van der Waals surface area contributed by atoms with Crippen molar-refractivity contribution in [2.24, 2.45) is 0 Å². The third-order valence-corrected chi connectivity index (χ3v) is 4.52. The van der Waals surface area contributed by atoms with Crippen molar-refractivity contribution < 1.29 is 4.79 Å². The van der Waals surface area contributed by atoms with Crippen LogP contribution in [0, 0.1) is 0 Å². The number of hydrogen-bond acceptors (Lipinski definition) is 6. The van der Waals surface area contributed by atoms with E-state index in [-0.39, 0.29) is 5.78 Å². The molecule has 25 heavy (non-hydrogen) atoms. The Labute approximate surface area is 145 Å². The fourth-order valence-corrected chi connectivity index (χ4v) is 3.23. The average Bonchev–Trinajstić information content (AvgIpc) is 3.14. The Morgan fingerprint density at radius 3 is 2.64 bits per heavy atom. The molecular weight excluding hydrogens is 314 g/mol. The number of hydrogen-bond donors (Lipinski definition) is 0. The van der Waals surface area contributed by atoms with Gasteiger partial charge in [-0.1, -0.05) is 0 Å². The normalized spacial score (nSPS) is 14.9. The fourth-order valence-electron chi connectivity index (χ4n) is 3.23. The molecule has 0 aromatic carbocycles. The standard InChI is InChI=1S/C19H19N5O/c25-18(13-24-5-1-2-6-24)9-17-7-15-8-19(14-3-4-22-23-12-14)21-11-16(15)10-20-17/h3-4,7-8,10-12H,1-2,5-6,9,13H2. The number of ketones is 1. The molecule has 0 bridgehead atoms. The summed E-state index contributed by atoms with van der Waals surface area (Å²) in [6, 6.07) is 5.86. The summed E-state index contributed by atoms with van der Waals surface area (Å²) in [5, 5.41) is 9.68. The van der Waals surface area contributed by atoms with Crippen molar-refractivity contribution in [2.45, 2.75) is 19.3 Å². The molecule has 0 spiro atoms. The van der Waals surface area contributed by atoms with Gasteiger partial charge in [-0.3, -0.25) is 19.7 Å². The minimum Gasteiger partial charge on any atom is -0.298 e. The lowest BCUT2D eigenvalue weighted by molar-refractivity contribution is -0.119. The van der Waals surface area contributed by atoms with E-state index in [1.54, 1.807) is 24.8 Å². The zero-order valence-corrected chi connectivity index (χ0v) is 13.9. The molecule has 0 N–H and O–H groups in total. The Morgan fingerprint density at radius 2 is 1.84 bits per heavy atom. The third kappa shape index (κ3) is 3.69.